The zero-order chi connectivity index (χ0) is 14.5. The highest BCUT2D eigenvalue weighted by atomic mass is 16.5. The predicted octanol–water partition coefficient (Wildman–Crippen LogP) is 0.492. The van der Waals surface area contributed by atoms with Crippen molar-refractivity contribution in [2.45, 2.75) is 18.9 Å². The number of amides is 1. The van der Waals surface area contributed by atoms with Gasteiger partial charge < -0.3 is 26.0 Å². The molecule has 5 N–H and O–H groups in total. The van der Waals surface area contributed by atoms with Gasteiger partial charge in [0.15, 0.2) is 5.75 Å². The van der Waals surface area contributed by atoms with Gasteiger partial charge >= 0.3 is 0 Å². The van der Waals surface area contributed by atoms with Gasteiger partial charge in [-0.05, 0) is 19.1 Å². The van der Waals surface area contributed by atoms with Gasteiger partial charge in [0.25, 0.3) is 5.91 Å². The number of benzene rings is 1. The maximum Gasteiger partial charge on any atom is 0.255 e. The van der Waals surface area contributed by atoms with Crippen LogP contribution in [0.4, 0.5) is 5.69 Å². The van der Waals surface area contributed by atoms with Crippen LogP contribution < -0.4 is 11.1 Å². The Hall–Kier alpha value is -1.79. The molecule has 0 saturated carbocycles. The molecule has 0 radical (unpaired) electrons. The van der Waals surface area contributed by atoms with Crippen LogP contribution in [0, 0.1) is 0 Å². The maximum absolute atomic E-state index is 11.9. The molecule has 0 aliphatic carbocycles. The van der Waals surface area contributed by atoms with Gasteiger partial charge in [0.05, 0.1) is 16.9 Å². The van der Waals surface area contributed by atoms with Gasteiger partial charge in [-0.3, -0.25) is 4.79 Å². The third-order valence-corrected chi connectivity index (χ3v) is 2.79. The molecule has 0 aromatic heterocycles. The summed E-state index contributed by atoms with van der Waals surface area (Å²) >= 11 is 0. The first-order chi connectivity index (χ1) is 8.87. The number of phenolic OH excluding ortho intramolecular Hbond substituents is 1. The fraction of sp³-hybridized carbons (Fsp3) is 0.462. The lowest BCUT2D eigenvalue weighted by Gasteiger charge is -2.23. The normalized spacial score (nSPS) is 13.8. The highest BCUT2D eigenvalue weighted by Crippen LogP contribution is 2.24. The summed E-state index contributed by atoms with van der Waals surface area (Å²) in [5, 5.41) is 22.2. The zero-order valence-corrected chi connectivity index (χ0v) is 11.1. The first-order valence-electron chi connectivity index (χ1n) is 5.94. The van der Waals surface area contributed by atoms with Crippen LogP contribution in [0.1, 0.15) is 23.7 Å². The van der Waals surface area contributed by atoms with E-state index in [-0.39, 0.29) is 23.5 Å². The first-order valence-corrected chi connectivity index (χ1v) is 5.94. The van der Waals surface area contributed by atoms with Gasteiger partial charge in [-0.15, -0.1) is 0 Å². The van der Waals surface area contributed by atoms with E-state index >= 15 is 0 Å². The zero-order valence-electron chi connectivity index (χ0n) is 11.1. The summed E-state index contributed by atoms with van der Waals surface area (Å²) in [6, 6.07) is 4.54. The minimum atomic E-state index is -1.07. The molecule has 0 spiro atoms. The second-order valence-electron chi connectivity index (χ2n) is 4.67. The largest absolute Gasteiger partial charge is 0.505 e. The van der Waals surface area contributed by atoms with Crippen LogP contribution in [0.3, 0.4) is 0 Å². The number of rotatable bonds is 6. The number of phenols is 1. The molecule has 106 valence electrons. The number of nitrogens with one attached hydrogen (secondary N) is 1. The Bertz CT molecular complexity index is 446. The molecule has 0 saturated heterocycles. The molecule has 0 fully saturated rings. The summed E-state index contributed by atoms with van der Waals surface area (Å²) in [6.07, 6.45) is 0.396. The molecule has 1 aromatic carbocycles. The molecule has 0 aliphatic heterocycles. The molecule has 0 heterocycles. The second-order valence-corrected chi connectivity index (χ2v) is 4.67. The van der Waals surface area contributed by atoms with Crippen LogP contribution in [-0.2, 0) is 4.74 Å². The third kappa shape index (κ3) is 4.42. The highest BCUT2D eigenvalue weighted by Gasteiger charge is 2.22. The number of hydrogen-bond donors (Lipinski definition) is 4. The summed E-state index contributed by atoms with van der Waals surface area (Å²) in [5.41, 5.74) is 4.67. The van der Waals surface area contributed by atoms with E-state index < -0.39 is 11.5 Å². The van der Waals surface area contributed by atoms with E-state index in [0.717, 1.165) is 0 Å². The summed E-state index contributed by atoms with van der Waals surface area (Å²) in [5.74, 6) is -0.737. The van der Waals surface area contributed by atoms with Crippen molar-refractivity contribution in [2.75, 3.05) is 26.0 Å². The molecule has 6 nitrogen and oxygen atoms in total. The van der Waals surface area contributed by atoms with Crippen molar-refractivity contribution < 1.29 is 19.7 Å². The molecule has 0 aliphatic rings. The number of carbonyl (C=O) groups excluding carboxylic acids is 1. The summed E-state index contributed by atoms with van der Waals surface area (Å²) in [6.45, 7) is 2.06. The minimum Gasteiger partial charge on any atom is -0.505 e. The number of aromatic hydroxyl groups is 1. The topological polar surface area (TPSA) is 105 Å². The fourth-order valence-electron chi connectivity index (χ4n) is 1.52. The standard InChI is InChI=1S/C13H20N2O4/c1-13(18,6-7-19-2)8-15-12(17)9-4-3-5-10(14)11(9)16/h3-5,16,18H,6-8,14H2,1-2H3,(H,15,17). The molecule has 1 aromatic rings. The number of carbonyl (C=O) groups is 1. The fourth-order valence-corrected chi connectivity index (χ4v) is 1.52. The van der Waals surface area contributed by atoms with Gasteiger partial charge in [-0.25, -0.2) is 0 Å². The van der Waals surface area contributed by atoms with Crippen molar-refractivity contribution in [1.82, 2.24) is 5.32 Å². The molecule has 0 bridgehead atoms. The Morgan fingerprint density at radius 1 is 1.53 bits per heavy atom. The second kappa shape index (κ2) is 6.40. The molecule has 19 heavy (non-hydrogen) atoms. The van der Waals surface area contributed by atoms with E-state index in [1.54, 1.807) is 20.1 Å². The van der Waals surface area contributed by atoms with Crippen LogP contribution in [0.5, 0.6) is 5.75 Å². The maximum atomic E-state index is 11.9. The molecule has 1 unspecified atom stereocenters. The number of anilines is 1. The van der Waals surface area contributed by atoms with Crippen molar-refractivity contribution in [2.24, 2.45) is 0 Å². The lowest BCUT2D eigenvalue weighted by molar-refractivity contribution is 0.0243. The summed E-state index contributed by atoms with van der Waals surface area (Å²) < 4.78 is 4.87. The van der Waals surface area contributed by atoms with Crippen LogP contribution in [-0.4, -0.2) is 42.0 Å². The number of methoxy groups -OCH3 is 1. The number of nitrogen functional groups attached to an aromatic ring is 1. The summed E-state index contributed by atoms with van der Waals surface area (Å²) in [4.78, 5) is 11.9. The van der Waals surface area contributed by atoms with Crippen molar-refractivity contribution in [3.8, 4) is 5.75 Å². The molecular weight excluding hydrogens is 248 g/mol. The third-order valence-electron chi connectivity index (χ3n) is 2.79. The number of para-hydroxylation sites is 1. The highest BCUT2D eigenvalue weighted by molar-refractivity contribution is 5.98. The Morgan fingerprint density at radius 3 is 2.84 bits per heavy atom. The van der Waals surface area contributed by atoms with Crippen LogP contribution in [0.2, 0.25) is 0 Å². The van der Waals surface area contributed by atoms with Crippen LogP contribution in [0.25, 0.3) is 0 Å². The average molecular weight is 268 g/mol. The Labute approximate surface area is 112 Å². The number of aliphatic hydroxyl groups is 1. The minimum absolute atomic E-state index is 0.0590. The SMILES string of the molecule is COCCC(C)(O)CNC(=O)c1cccc(N)c1O. The van der Waals surface area contributed by atoms with Gasteiger partial charge in [0.2, 0.25) is 0 Å². The molecular formula is C13H20N2O4. The predicted molar refractivity (Wildman–Crippen MR) is 72.0 cm³/mol. The molecule has 1 rings (SSSR count). The van der Waals surface area contributed by atoms with E-state index in [1.165, 1.54) is 12.1 Å². The quantitative estimate of drug-likeness (QED) is 0.444. The number of nitrogens with two attached hydrogens (primary N) is 1. The number of ether oxygens (including phenoxy) is 1. The molecule has 1 amide bonds. The van der Waals surface area contributed by atoms with E-state index in [0.29, 0.717) is 13.0 Å². The van der Waals surface area contributed by atoms with Gasteiger partial charge in [-0.1, -0.05) is 6.07 Å². The Morgan fingerprint density at radius 2 is 2.21 bits per heavy atom. The lowest BCUT2D eigenvalue weighted by Crippen LogP contribution is -2.41. The Balaban J connectivity index is 2.63. The van der Waals surface area contributed by atoms with E-state index in [1.807, 2.05) is 0 Å². The van der Waals surface area contributed by atoms with Crippen molar-refractivity contribution in [3.63, 3.8) is 0 Å². The van der Waals surface area contributed by atoms with Crippen molar-refractivity contribution in [3.05, 3.63) is 23.8 Å². The van der Waals surface area contributed by atoms with E-state index in [4.69, 9.17) is 10.5 Å². The monoisotopic (exact) mass is 268 g/mol. The lowest BCUT2D eigenvalue weighted by atomic mass is 10.0. The van der Waals surface area contributed by atoms with Gasteiger partial charge in [0, 0.05) is 26.7 Å². The van der Waals surface area contributed by atoms with Crippen LogP contribution in [0.15, 0.2) is 18.2 Å². The van der Waals surface area contributed by atoms with Crippen LogP contribution >= 0.6 is 0 Å². The van der Waals surface area contributed by atoms with Crippen molar-refractivity contribution >= 4 is 11.6 Å². The Kier molecular flexibility index (Phi) is 5.14. The van der Waals surface area contributed by atoms with Gasteiger partial charge in [-0.2, -0.15) is 0 Å². The molecule has 6 heteroatoms. The van der Waals surface area contributed by atoms with E-state index in [9.17, 15) is 15.0 Å². The van der Waals surface area contributed by atoms with E-state index in [2.05, 4.69) is 5.32 Å². The number of hydrogen-bond acceptors (Lipinski definition) is 5. The first kappa shape index (κ1) is 15.3. The molecule has 1 atom stereocenters. The van der Waals surface area contributed by atoms with Gasteiger partial charge in [0.1, 0.15) is 0 Å². The summed E-state index contributed by atoms with van der Waals surface area (Å²) in [7, 11) is 1.54. The average Bonchev–Trinajstić information content (AvgIpc) is 2.37. The van der Waals surface area contributed by atoms with Crippen molar-refractivity contribution in [1.29, 1.82) is 0 Å². The smallest absolute Gasteiger partial charge is 0.255 e.